The molecule has 2 heterocycles. The van der Waals surface area contributed by atoms with E-state index in [1.807, 2.05) is 43.3 Å². The molecule has 0 bridgehead atoms. The number of furan rings is 1. The molecule has 0 saturated heterocycles. The van der Waals surface area contributed by atoms with Crippen LogP contribution < -0.4 is 0 Å². The number of carbonyl (C=O) groups is 1. The first-order chi connectivity index (χ1) is 9.74. The predicted octanol–water partition coefficient (Wildman–Crippen LogP) is 4.85. The van der Waals surface area contributed by atoms with Crippen molar-refractivity contribution in [2.45, 2.75) is 26.7 Å². The van der Waals surface area contributed by atoms with Crippen molar-refractivity contribution in [2.75, 3.05) is 0 Å². The van der Waals surface area contributed by atoms with E-state index in [-0.39, 0.29) is 5.78 Å². The van der Waals surface area contributed by atoms with Gasteiger partial charge in [0.2, 0.25) is 5.78 Å². The van der Waals surface area contributed by atoms with Crippen LogP contribution in [0.1, 0.15) is 39.7 Å². The molecule has 0 atom stereocenters. The molecule has 3 rings (SSSR count). The fourth-order valence-electron chi connectivity index (χ4n) is 2.41. The molecule has 20 heavy (non-hydrogen) atoms. The first-order valence-electron chi connectivity index (χ1n) is 6.88. The van der Waals surface area contributed by atoms with E-state index in [2.05, 4.69) is 6.92 Å². The number of fused-ring (bicyclic) bond motifs is 1. The van der Waals surface area contributed by atoms with E-state index in [9.17, 15) is 4.79 Å². The maximum atomic E-state index is 12.8. The molecule has 0 aliphatic carbocycles. The number of ketones is 1. The van der Waals surface area contributed by atoms with Gasteiger partial charge in [-0.2, -0.15) is 0 Å². The van der Waals surface area contributed by atoms with E-state index in [1.165, 1.54) is 4.88 Å². The lowest BCUT2D eigenvalue weighted by molar-refractivity contribution is 0.104. The molecular formula is C17H16O2S. The zero-order chi connectivity index (χ0) is 14.1. The Morgan fingerprint density at radius 2 is 1.90 bits per heavy atom. The number of rotatable bonds is 4. The second kappa shape index (κ2) is 5.25. The molecule has 2 nitrogen and oxygen atoms in total. The van der Waals surface area contributed by atoms with Crippen LogP contribution in [0.25, 0.3) is 11.0 Å². The van der Waals surface area contributed by atoms with Gasteiger partial charge in [-0.05, 0) is 24.6 Å². The summed E-state index contributed by atoms with van der Waals surface area (Å²) in [6.07, 6.45) is 1.69. The summed E-state index contributed by atoms with van der Waals surface area (Å²) in [5, 5.41) is 0.917. The van der Waals surface area contributed by atoms with Crippen LogP contribution in [0.3, 0.4) is 0 Å². The standard InChI is InChI=1S/C17H16O2S/c1-3-11-9-10-15(20-11)17(18)16-12-7-5-6-8-14(12)19-13(16)4-2/h5-10H,3-4H2,1-2H3. The third-order valence-corrected chi connectivity index (χ3v) is 4.68. The average Bonchev–Trinajstić information content (AvgIpc) is 3.10. The van der Waals surface area contributed by atoms with Gasteiger partial charge < -0.3 is 4.42 Å². The van der Waals surface area contributed by atoms with Crippen LogP contribution in [0.15, 0.2) is 40.8 Å². The van der Waals surface area contributed by atoms with Crippen molar-refractivity contribution in [3.8, 4) is 0 Å². The van der Waals surface area contributed by atoms with Gasteiger partial charge in [0.15, 0.2) is 0 Å². The van der Waals surface area contributed by atoms with Gasteiger partial charge in [-0.3, -0.25) is 4.79 Å². The average molecular weight is 284 g/mol. The second-order valence-corrected chi connectivity index (χ2v) is 5.87. The van der Waals surface area contributed by atoms with Crippen LogP contribution in [0.4, 0.5) is 0 Å². The molecule has 3 heteroatoms. The summed E-state index contributed by atoms with van der Waals surface area (Å²) in [4.78, 5) is 14.8. The molecule has 1 aromatic carbocycles. The highest BCUT2D eigenvalue weighted by Crippen LogP contribution is 2.30. The monoisotopic (exact) mass is 284 g/mol. The van der Waals surface area contributed by atoms with Crippen molar-refractivity contribution >= 4 is 28.1 Å². The summed E-state index contributed by atoms with van der Waals surface area (Å²) >= 11 is 1.58. The van der Waals surface area contributed by atoms with Crippen LogP contribution >= 0.6 is 11.3 Å². The molecule has 0 fully saturated rings. The van der Waals surface area contributed by atoms with E-state index in [0.717, 1.165) is 40.0 Å². The Morgan fingerprint density at radius 1 is 1.10 bits per heavy atom. The maximum absolute atomic E-state index is 12.8. The maximum Gasteiger partial charge on any atom is 0.207 e. The molecule has 3 aromatic rings. The summed E-state index contributed by atoms with van der Waals surface area (Å²) in [5.41, 5.74) is 1.52. The van der Waals surface area contributed by atoms with Crippen molar-refractivity contribution in [1.29, 1.82) is 0 Å². The highest BCUT2D eigenvalue weighted by Gasteiger charge is 2.21. The summed E-state index contributed by atoms with van der Waals surface area (Å²) < 4.78 is 5.81. The van der Waals surface area contributed by atoms with E-state index in [1.54, 1.807) is 11.3 Å². The van der Waals surface area contributed by atoms with E-state index >= 15 is 0 Å². The highest BCUT2D eigenvalue weighted by atomic mass is 32.1. The van der Waals surface area contributed by atoms with Crippen molar-refractivity contribution in [3.05, 3.63) is 57.5 Å². The Bertz CT molecular complexity index is 764. The number of carbonyl (C=O) groups excluding carboxylic acids is 1. The number of hydrogen-bond acceptors (Lipinski definition) is 3. The third-order valence-electron chi connectivity index (χ3n) is 3.45. The minimum Gasteiger partial charge on any atom is -0.460 e. The smallest absolute Gasteiger partial charge is 0.207 e. The van der Waals surface area contributed by atoms with E-state index in [0.29, 0.717) is 0 Å². The number of aryl methyl sites for hydroxylation is 2. The molecule has 0 unspecified atom stereocenters. The first kappa shape index (κ1) is 13.1. The Kier molecular flexibility index (Phi) is 3.45. The SMILES string of the molecule is CCc1ccc(C(=O)c2c(CC)oc3ccccc23)s1. The summed E-state index contributed by atoms with van der Waals surface area (Å²) in [6.45, 7) is 4.12. The summed E-state index contributed by atoms with van der Waals surface area (Å²) in [5.74, 6) is 0.860. The quantitative estimate of drug-likeness (QED) is 0.641. The Balaban J connectivity index is 2.15. The third kappa shape index (κ3) is 2.08. The number of para-hydroxylation sites is 1. The Hall–Kier alpha value is -1.87. The fourth-order valence-corrected chi connectivity index (χ4v) is 3.30. The first-order valence-corrected chi connectivity index (χ1v) is 7.70. The highest BCUT2D eigenvalue weighted by molar-refractivity contribution is 7.14. The molecule has 0 amide bonds. The van der Waals surface area contributed by atoms with Crippen LogP contribution in [0.2, 0.25) is 0 Å². The van der Waals surface area contributed by atoms with Gasteiger partial charge in [-0.1, -0.05) is 32.0 Å². The van der Waals surface area contributed by atoms with Crippen LogP contribution in [-0.4, -0.2) is 5.78 Å². The minimum atomic E-state index is 0.0801. The van der Waals surface area contributed by atoms with E-state index < -0.39 is 0 Å². The Morgan fingerprint density at radius 3 is 2.60 bits per heavy atom. The minimum absolute atomic E-state index is 0.0801. The topological polar surface area (TPSA) is 30.2 Å². The molecule has 0 spiro atoms. The molecule has 0 N–H and O–H groups in total. The van der Waals surface area contributed by atoms with Gasteiger partial charge in [0, 0.05) is 16.7 Å². The molecule has 0 aliphatic rings. The van der Waals surface area contributed by atoms with Gasteiger partial charge in [0.05, 0.1) is 10.4 Å². The zero-order valence-electron chi connectivity index (χ0n) is 11.6. The summed E-state index contributed by atoms with van der Waals surface area (Å²) in [6, 6.07) is 11.7. The van der Waals surface area contributed by atoms with Gasteiger partial charge in [0.1, 0.15) is 11.3 Å². The predicted molar refractivity (Wildman–Crippen MR) is 82.7 cm³/mol. The molecule has 0 saturated carbocycles. The van der Waals surface area contributed by atoms with Gasteiger partial charge in [0.25, 0.3) is 0 Å². The van der Waals surface area contributed by atoms with E-state index in [4.69, 9.17) is 4.42 Å². The molecule has 2 aromatic heterocycles. The largest absolute Gasteiger partial charge is 0.460 e. The van der Waals surface area contributed by atoms with Gasteiger partial charge in [-0.25, -0.2) is 0 Å². The Labute approximate surface area is 122 Å². The van der Waals surface area contributed by atoms with Crippen LogP contribution in [0, 0.1) is 0 Å². The van der Waals surface area contributed by atoms with Crippen LogP contribution in [0.5, 0.6) is 0 Å². The molecule has 0 aliphatic heterocycles. The second-order valence-electron chi connectivity index (χ2n) is 4.70. The van der Waals surface area contributed by atoms with Gasteiger partial charge >= 0.3 is 0 Å². The lowest BCUT2D eigenvalue weighted by atomic mass is 10.0. The molecular weight excluding hydrogens is 268 g/mol. The zero-order valence-corrected chi connectivity index (χ0v) is 12.4. The van der Waals surface area contributed by atoms with Gasteiger partial charge in [-0.15, -0.1) is 11.3 Å². The number of hydrogen-bond donors (Lipinski definition) is 0. The normalized spacial score (nSPS) is 11.1. The molecule has 102 valence electrons. The van der Waals surface area contributed by atoms with Crippen molar-refractivity contribution in [2.24, 2.45) is 0 Å². The lowest BCUT2D eigenvalue weighted by Crippen LogP contribution is -2.00. The van der Waals surface area contributed by atoms with Crippen LogP contribution in [-0.2, 0) is 12.8 Å². The lowest BCUT2D eigenvalue weighted by Gasteiger charge is -1.98. The van der Waals surface area contributed by atoms with Crippen molar-refractivity contribution in [1.82, 2.24) is 0 Å². The molecule has 0 radical (unpaired) electrons. The number of benzene rings is 1. The van der Waals surface area contributed by atoms with Crippen molar-refractivity contribution in [3.63, 3.8) is 0 Å². The van der Waals surface area contributed by atoms with Crippen molar-refractivity contribution < 1.29 is 9.21 Å². The number of thiophene rings is 1. The fraction of sp³-hybridized carbons (Fsp3) is 0.235. The summed E-state index contributed by atoms with van der Waals surface area (Å²) in [7, 11) is 0.